The minimum Gasteiger partial charge on any atom is -0.473 e. The fourth-order valence-corrected chi connectivity index (χ4v) is 1.41. The minimum atomic E-state index is 0.634. The van der Waals surface area contributed by atoms with E-state index in [4.69, 9.17) is 4.74 Å². The average molecular weight is 158 g/mol. The summed E-state index contributed by atoms with van der Waals surface area (Å²) in [6, 6.07) is 2.05. The summed E-state index contributed by atoms with van der Waals surface area (Å²) in [5, 5.41) is 1.08. The summed E-state index contributed by atoms with van der Waals surface area (Å²) in [6.45, 7) is 0.634. The highest BCUT2D eigenvalue weighted by Crippen LogP contribution is 2.05. The first-order valence-electron chi connectivity index (χ1n) is 3.82. The molecule has 0 radical (unpaired) electrons. The molecule has 2 aliphatic rings. The third kappa shape index (κ3) is 0.652. The number of hydrogen-bond acceptors (Lipinski definition) is 3. The summed E-state index contributed by atoms with van der Waals surface area (Å²) in [5.41, 5.74) is 1.85. The predicted molar refractivity (Wildman–Crippen MR) is 44.0 cm³/mol. The Morgan fingerprint density at radius 3 is 3.42 bits per heavy atom. The summed E-state index contributed by atoms with van der Waals surface area (Å²) in [5.74, 6) is 0.709. The van der Waals surface area contributed by atoms with Crippen LogP contribution in [0.15, 0.2) is 17.3 Å². The second-order valence-corrected chi connectivity index (χ2v) is 2.76. The minimum absolute atomic E-state index is 0.634. The van der Waals surface area contributed by atoms with Gasteiger partial charge in [0.2, 0.25) is 5.88 Å². The monoisotopic (exact) mass is 158 g/mol. The van der Waals surface area contributed by atoms with Crippen LogP contribution >= 0.6 is 0 Å². The molecule has 3 rings (SSSR count). The van der Waals surface area contributed by atoms with Crippen LogP contribution < -0.4 is 15.4 Å². The average Bonchev–Trinajstić information content (AvgIpc) is 2.64. The Morgan fingerprint density at radius 2 is 2.42 bits per heavy atom. The maximum absolute atomic E-state index is 5.27. The van der Waals surface area contributed by atoms with Crippen molar-refractivity contribution in [3.8, 4) is 5.88 Å². The van der Waals surface area contributed by atoms with Gasteiger partial charge in [-0.15, -0.1) is 0 Å². The Kier molecular flexibility index (Phi) is 0.961. The molecule has 1 aromatic rings. The van der Waals surface area contributed by atoms with Gasteiger partial charge in [0.1, 0.15) is 6.61 Å². The van der Waals surface area contributed by atoms with E-state index < -0.39 is 0 Å². The largest absolute Gasteiger partial charge is 0.473 e. The summed E-state index contributed by atoms with van der Waals surface area (Å²) < 4.78 is 5.27. The molecular formula is C9H6N2O. The van der Waals surface area contributed by atoms with Crippen LogP contribution in [0.3, 0.4) is 0 Å². The zero-order valence-electron chi connectivity index (χ0n) is 6.32. The van der Waals surface area contributed by atoms with E-state index in [0.29, 0.717) is 12.5 Å². The Balaban J connectivity index is 2.45. The van der Waals surface area contributed by atoms with Gasteiger partial charge in [-0.05, 0) is 18.2 Å². The van der Waals surface area contributed by atoms with E-state index in [1.807, 2.05) is 12.2 Å². The first kappa shape index (κ1) is 5.94. The van der Waals surface area contributed by atoms with Crippen molar-refractivity contribution in [1.82, 2.24) is 4.98 Å². The topological polar surface area (TPSA) is 34.5 Å². The summed E-state index contributed by atoms with van der Waals surface area (Å²) in [4.78, 5) is 8.34. The van der Waals surface area contributed by atoms with Crippen molar-refractivity contribution in [1.29, 1.82) is 0 Å². The van der Waals surface area contributed by atoms with Crippen LogP contribution in [0.2, 0.25) is 0 Å². The molecule has 58 valence electrons. The van der Waals surface area contributed by atoms with Crippen molar-refractivity contribution in [2.75, 3.05) is 6.61 Å². The summed E-state index contributed by atoms with van der Waals surface area (Å²) in [6.07, 6.45) is 5.73. The van der Waals surface area contributed by atoms with Crippen molar-refractivity contribution in [2.45, 2.75) is 0 Å². The quantitative estimate of drug-likeness (QED) is 0.526. The van der Waals surface area contributed by atoms with Crippen molar-refractivity contribution in [3.05, 3.63) is 28.5 Å². The first-order valence-corrected chi connectivity index (χ1v) is 3.82. The lowest BCUT2D eigenvalue weighted by Gasteiger charge is -1.95. The highest BCUT2D eigenvalue weighted by Gasteiger charge is 2.08. The number of pyridine rings is 1. The number of ether oxygens (including phenoxy) is 1. The van der Waals surface area contributed by atoms with Crippen molar-refractivity contribution >= 4 is 12.2 Å². The molecule has 3 heterocycles. The van der Waals surface area contributed by atoms with Crippen LogP contribution in [0.5, 0.6) is 5.88 Å². The molecule has 0 bridgehead atoms. The molecule has 0 fully saturated rings. The lowest BCUT2D eigenvalue weighted by molar-refractivity contribution is 0.369. The van der Waals surface area contributed by atoms with E-state index in [0.717, 1.165) is 16.3 Å². The van der Waals surface area contributed by atoms with Crippen molar-refractivity contribution < 1.29 is 4.74 Å². The van der Waals surface area contributed by atoms with E-state index in [2.05, 4.69) is 16.0 Å². The fourth-order valence-electron chi connectivity index (χ4n) is 1.41. The molecule has 0 saturated heterocycles. The van der Waals surface area contributed by atoms with E-state index in [1.165, 1.54) is 0 Å². The molecular weight excluding hydrogens is 152 g/mol. The highest BCUT2D eigenvalue weighted by molar-refractivity contribution is 5.53. The van der Waals surface area contributed by atoms with Crippen molar-refractivity contribution in [3.63, 3.8) is 0 Å². The Morgan fingerprint density at radius 1 is 1.42 bits per heavy atom. The third-order valence-corrected chi connectivity index (χ3v) is 2.00. The van der Waals surface area contributed by atoms with E-state index in [9.17, 15) is 0 Å². The molecule has 3 heteroatoms. The Hall–Kier alpha value is -1.64. The zero-order valence-corrected chi connectivity index (χ0v) is 6.32. The molecule has 0 spiro atoms. The first-order chi connectivity index (χ1) is 5.93. The van der Waals surface area contributed by atoms with E-state index >= 15 is 0 Å². The van der Waals surface area contributed by atoms with Gasteiger partial charge in [0.25, 0.3) is 0 Å². The van der Waals surface area contributed by atoms with Crippen LogP contribution in [-0.4, -0.2) is 11.6 Å². The molecule has 3 nitrogen and oxygen atoms in total. The predicted octanol–water partition coefficient (Wildman–Crippen LogP) is -0.142. The van der Waals surface area contributed by atoms with Gasteiger partial charge in [0, 0.05) is 17.0 Å². The molecule has 0 unspecified atom stereocenters. The van der Waals surface area contributed by atoms with E-state index in [-0.39, 0.29) is 0 Å². The standard InChI is InChI=1S/C9H6N2O/c1-3-10-8-6(1)5-7-2-4-12-9(7)11-8/h1-3,5H,4H2. The molecule has 1 aromatic heterocycles. The number of fused-ring (bicyclic) bond motifs is 2. The summed E-state index contributed by atoms with van der Waals surface area (Å²) in [7, 11) is 0. The van der Waals surface area contributed by atoms with Gasteiger partial charge < -0.3 is 4.74 Å². The Bertz CT molecular complexity index is 488. The van der Waals surface area contributed by atoms with Crippen LogP contribution in [0.25, 0.3) is 12.2 Å². The molecule has 12 heavy (non-hydrogen) atoms. The summed E-state index contributed by atoms with van der Waals surface area (Å²) >= 11 is 0. The van der Waals surface area contributed by atoms with Gasteiger partial charge in [0.05, 0.1) is 0 Å². The molecule has 0 aromatic carbocycles. The van der Waals surface area contributed by atoms with Crippen LogP contribution in [0.4, 0.5) is 0 Å². The fraction of sp³-hybridized carbons (Fsp3) is 0.111. The zero-order chi connectivity index (χ0) is 7.97. The number of aromatic nitrogens is 1. The third-order valence-electron chi connectivity index (χ3n) is 2.00. The molecule has 0 atom stereocenters. The smallest absolute Gasteiger partial charge is 0.222 e. The van der Waals surface area contributed by atoms with Gasteiger partial charge in [-0.25, -0.2) is 4.99 Å². The lowest BCUT2D eigenvalue weighted by atomic mass is 10.2. The normalized spacial score (nSPS) is 16.0. The van der Waals surface area contributed by atoms with Gasteiger partial charge in [-0.2, -0.15) is 4.98 Å². The highest BCUT2D eigenvalue weighted by atomic mass is 16.5. The molecule has 0 N–H and O–H groups in total. The maximum atomic E-state index is 5.27. The molecule has 0 amide bonds. The molecule has 0 aliphatic carbocycles. The van der Waals surface area contributed by atoms with Gasteiger partial charge in [-0.3, -0.25) is 0 Å². The van der Waals surface area contributed by atoms with Crippen molar-refractivity contribution in [2.24, 2.45) is 4.99 Å². The molecule has 2 aliphatic heterocycles. The van der Waals surface area contributed by atoms with Crippen LogP contribution in [0, 0.1) is 0 Å². The maximum Gasteiger partial charge on any atom is 0.222 e. The second-order valence-electron chi connectivity index (χ2n) is 2.76. The van der Waals surface area contributed by atoms with Gasteiger partial charge in [0.15, 0.2) is 5.49 Å². The van der Waals surface area contributed by atoms with E-state index in [1.54, 1.807) is 6.20 Å². The second kappa shape index (κ2) is 1.94. The van der Waals surface area contributed by atoms with Crippen LogP contribution in [-0.2, 0) is 0 Å². The van der Waals surface area contributed by atoms with Crippen LogP contribution in [0.1, 0.15) is 5.56 Å². The number of nitrogens with zero attached hydrogens (tertiary/aromatic N) is 2. The Labute approximate surface area is 68.7 Å². The van der Waals surface area contributed by atoms with Gasteiger partial charge in [-0.1, -0.05) is 0 Å². The number of rotatable bonds is 0. The number of hydrogen-bond donors (Lipinski definition) is 0. The lowest BCUT2D eigenvalue weighted by Crippen LogP contribution is -2.15. The van der Waals surface area contributed by atoms with Gasteiger partial charge >= 0.3 is 0 Å². The SMILES string of the molecule is C1=Cc2cc3c(nc2=N1)OCC=3. The molecule has 0 saturated carbocycles.